The summed E-state index contributed by atoms with van der Waals surface area (Å²) in [4.78, 5) is 7.42. The first kappa shape index (κ1) is 7.99. The predicted octanol–water partition coefficient (Wildman–Crippen LogP) is 0.474. The van der Waals surface area contributed by atoms with Crippen LogP contribution in [0.4, 0.5) is 0 Å². The van der Waals surface area contributed by atoms with E-state index < -0.39 is 0 Å². The van der Waals surface area contributed by atoms with Gasteiger partial charge in [0.15, 0.2) is 0 Å². The Kier molecular flexibility index (Phi) is 2.84. The summed E-state index contributed by atoms with van der Waals surface area (Å²) in [6.45, 7) is -0.189. The lowest BCUT2D eigenvalue weighted by molar-refractivity contribution is 0.350. The van der Waals surface area contributed by atoms with Crippen molar-refractivity contribution < 1.29 is 5.11 Å². The van der Waals surface area contributed by atoms with Gasteiger partial charge in [0.1, 0.15) is 18.1 Å². The highest BCUT2D eigenvalue weighted by Crippen LogP contribution is 2.07. The first-order valence-electron chi connectivity index (χ1n) is 2.90. The maximum atomic E-state index is 8.36. The number of hydrogen-bond donors (Lipinski definition) is 1. The van der Waals surface area contributed by atoms with Gasteiger partial charge in [-0.1, -0.05) is 23.4 Å². The molecule has 4 heteroatoms. The Labute approximate surface area is 69.1 Å². The van der Waals surface area contributed by atoms with E-state index in [-0.39, 0.29) is 6.61 Å². The van der Waals surface area contributed by atoms with Crippen LogP contribution < -0.4 is 0 Å². The molecule has 0 fully saturated rings. The van der Waals surface area contributed by atoms with Crippen LogP contribution in [0.1, 0.15) is 5.56 Å². The molecule has 1 N–H and O–H groups in total. The number of aromatic nitrogens is 2. The molecule has 1 rings (SSSR count). The third-order valence-corrected chi connectivity index (χ3v) is 1.27. The smallest absolute Gasteiger partial charge is 0.148 e. The molecule has 0 atom stereocenters. The van der Waals surface area contributed by atoms with Crippen LogP contribution >= 0.6 is 11.6 Å². The predicted molar refractivity (Wildman–Crippen MR) is 41.0 cm³/mol. The molecule has 0 saturated heterocycles. The van der Waals surface area contributed by atoms with Crippen LogP contribution in [0.5, 0.6) is 0 Å². The monoisotopic (exact) mass is 168 g/mol. The molecule has 0 saturated carbocycles. The van der Waals surface area contributed by atoms with Gasteiger partial charge in [0.2, 0.25) is 0 Å². The Morgan fingerprint density at radius 1 is 1.64 bits per heavy atom. The van der Waals surface area contributed by atoms with E-state index in [1.165, 1.54) is 12.5 Å². The molecule has 0 unspecified atom stereocenters. The van der Waals surface area contributed by atoms with E-state index in [2.05, 4.69) is 21.8 Å². The van der Waals surface area contributed by atoms with Crippen LogP contribution in [0.25, 0.3) is 0 Å². The van der Waals surface area contributed by atoms with E-state index in [1.807, 2.05) is 0 Å². The van der Waals surface area contributed by atoms with Gasteiger partial charge in [-0.25, -0.2) is 9.97 Å². The van der Waals surface area contributed by atoms with Crippen LogP contribution in [0.3, 0.4) is 0 Å². The second kappa shape index (κ2) is 3.91. The first-order valence-corrected chi connectivity index (χ1v) is 3.27. The molecule has 0 aliphatic carbocycles. The van der Waals surface area contributed by atoms with E-state index in [4.69, 9.17) is 16.7 Å². The number of aliphatic hydroxyl groups excluding tert-OH is 1. The fraction of sp³-hybridized carbons (Fsp3) is 0.143. The number of rotatable bonds is 0. The molecule has 0 amide bonds. The van der Waals surface area contributed by atoms with Gasteiger partial charge in [0, 0.05) is 6.20 Å². The van der Waals surface area contributed by atoms with Gasteiger partial charge < -0.3 is 5.11 Å². The zero-order valence-electron chi connectivity index (χ0n) is 5.58. The van der Waals surface area contributed by atoms with Gasteiger partial charge in [0.05, 0.1) is 5.56 Å². The second-order valence-corrected chi connectivity index (χ2v) is 2.05. The third-order valence-electron chi connectivity index (χ3n) is 0.966. The fourth-order valence-electron chi connectivity index (χ4n) is 0.533. The molecule has 1 aromatic heterocycles. The topological polar surface area (TPSA) is 46.0 Å². The quantitative estimate of drug-likeness (QED) is 0.453. The number of halogens is 1. The van der Waals surface area contributed by atoms with E-state index in [9.17, 15) is 0 Å². The molecule has 11 heavy (non-hydrogen) atoms. The largest absolute Gasteiger partial charge is 0.384 e. The van der Waals surface area contributed by atoms with Gasteiger partial charge >= 0.3 is 0 Å². The van der Waals surface area contributed by atoms with Crippen molar-refractivity contribution in [2.45, 2.75) is 0 Å². The minimum Gasteiger partial charge on any atom is -0.384 e. The zero-order chi connectivity index (χ0) is 8.10. The minimum absolute atomic E-state index is 0.189. The lowest BCUT2D eigenvalue weighted by Crippen LogP contribution is -1.84. The summed E-state index contributed by atoms with van der Waals surface area (Å²) in [5, 5.41) is 8.67. The van der Waals surface area contributed by atoms with Crippen molar-refractivity contribution in [2.75, 3.05) is 6.61 Å². The summed E-state index contributed by atoms with van der Waals surface area (Å²) < 4.78 is 0. The van der Waals surface area contributed by atoms with Crippen molar-refractivity contribution in [3.63, 3.8) is 0 Å². The van der Waals surface area contributed by atoms with E-state index in [1.54, 1.807) is 0 Å². The molecular weight excluding hydrogens is 164 g/mol. The van der Waals surface area contributed by atoms with Crippen molar-refractivity contribution in [2.24, 2.45) is 0 Å². The number of aliphatic hydroxyl groups is 1. The number of hydrogen-bond acceptors (Lipinski definition) is 3. The van der Waals surface area contributed by atoms with Gasteiger partial charge in [-0.05, 0) is 0 Å². The summed E-state index contributed by atoms with van der Waals surface area (Å²) >= 11 is 5.62. The highest BCUT2D eigenvalue weighted by molar-refractivity contribution is 6.30. The fourth-order valence-corrected chi connectivity index (χ4v) is 0.673. The van der Waals surface area contributed by atoms with E-state index in [0.29, 0.717) is 10.7 Å². The molecule has 0 bridgehead atoms. The SMILES string of the molecule is OCC#Cc1cncnc1Cl. The minimum atomic E-state index is -0.189. The standard InChI is InChI=1S/C7H5ClN2O/c8-7-6(2-1-3-11)4-9-5-10-7/h4-5,11H,3H2. The molecule has 1 aromatic rings. The van der Waals surface area contributed by atoms with Crippen LogP contribution in [-0.4, -0.2) is 21.7 Å². The Hall–Kier alpha value is -1.11. The van der Waals surface area contributed by atoms with Crippen molar-refractivity contribution in [1.29, 1.82) is 0 Å². The average Bonchev–Trinajstić information content (AvgIpc) is 2.03. The van der Waals surface area contributed by atoms with Gasteiger partial charge in [-0.2, -0.15) is 0 Å². The zero-order valence-corrected chi connectivity index (χ0v) is 6.34. The van der Waals surface area contributed by atoms with Crippen molar-refractivity contribution in [3.8, 4) is 11.8 Å². The Morgan fingerprint density at radius 3 is 3.09 bits per heavy atom. The van der Waals surface area contributed by atoms with Gasteiger partial charge in [-0.3, -0.25) is 0 Å². The lowest BCUT2D eigenvalue weighted by Gasteiger charge is -1.89. The Bertz CT molecular complexity index is 303. The maximum absolute atomic E-state index is 8.36. The van der Waals surface area contributed by atoms with Crippen LogP contribution in [-0.2, 0) is 0 Å². The summed E-state index contributed by atoms with van der Waals surface area (Å²) in [6.07, 6.45) is 2.84. The van der Waals surface area contributed by atoms with E-state index >= 15 is 0 Å². The lowest BCUT2D eigenvalue weighted by atomic mass is 10.3. The van der Waals surface area contributed by atoms with Crippen molar-refractivity contribution >= 4 is 11.6 Å². The molecule has 0 spiro atoms. The van der Waals surface area contributed by atoms with Crippen LogP contribution in [0.15, 0.2) is 12.5 Å². The second-order valence-electron chi connectivity index (χ2n) is 1.69. The highest BCUT2D eigenvalue weighted by atomic mass is 35.5. The van der Waals surface area contributed by atoms with Crippen molar-refractivity contribution in [3.05, 3.63) is 23.2 Å². The Balaban J connectivity index is 2.95. The maximum Gasteiger partial charge on any atom is 0.148 e. The summed E-state index contributed by atoms with van der Waals surface area (Å²) in [5.41, 5.74) is 0.531. The number of nitrogens with zero attached hydrogens (tertiary/aromatic N) is 2. The Morgan fingerprint density at radius 2 is 2.45 bits per heavy atom. The molecule has 56 valence electrons. The molecule has 0 aliphatic heterocycles. The molecule has 0 aromatic carbocycles. The van der Waals surface area contributed by atoms with Crippen LogP contribution in [0.2, 0.25) is 5.15 Å². The summed E-state index contributed by atoms with van der Waals surface area (Å²) in [5.74, 6) is 5.05. The average molecular weight is 169 g/mol. The normalized spacial score (nSPS) is 8.55. The first-order chi connectivity index (χ1) is 5.34. The van der Waals surface area contributed by atoms with Gasteiger partial charge in [-0.15, -0.1) is 0 Å². The summed E-state index contributed by atoms with van der Waals surface area (Å²) in [6, 6.07) is 0. The highest BCUT2D eigenvalue weighted by Gasteiger charge is 1.94. The molecule has 0 aliphatic rings. The molecule has 1 heterocycles. The third kappa shape index (κ3) is 2.19. The van der Waals surface area contributed by atoms with Gasteiger partial charge in [0.25, 0.3) is 0 Å². The molecule has 3 nitrogen and oxygen atoms in total. The summed E-state index contributed by atoms with van der Waals surface area (Å²) in [7, 11) is 0. The van der Waals surface area contributed by atoms with Crippen molar-refractivity contribution in [1.82, 2.24) is 9.97 Å². The van der Waals surface area contributed by atoms with E-state index in [0.717, 1.165) is 0 Å². The molecule has 0 radical (unpaired) electrons. The molecular formula is C7H5ClN2O. The van der Waals surface area contributed by atoms with Crippen LogP contribution in [0, 0.1) is 11.8 Å².